The van der Waals surface area contributed by atoms with Gasteiger partial charge in [0.25, 0.3) is 5.91 Å². The molecule has 0 spiro atoms. The van der Waals surface area contributed by atoms with Crippen molar-refractivity contribution in [1.29, 1.82) is 0 Å². The first kappa shape index (κ1) is 17.4. The Morgan fingerprint density at radius 1 is 1.37 bits per heavy atom. The van der Waals surface area contributed by atoms with Crippen molar-refractivity contribution in [1.82, 2.24) is 15.0 Å². The lowest BCUT2D eigenvalue weighted by atomic mass is 10.1. The first-order valence-corrected chi connectivity index (χ1v) is 8.78. The summed E-state index contributed by atoms with van der Waals surface area (Å²) in [4.78, 5) is 25.2. The summed E-state index contributed by atoms with van der Waals surface area (Å²) >= 11 is 0. The van der Waals surface area contributed by atoms with Gasteiger partial charge in [0.05, 0.1) is 28.8 Å². The normalized spacial score (nSPS) is 16.3. The van der Waals surface area contributed by atoms with Crippen LogP contribution >= 0.6 is 0 Å². The number of nitrogens with zero attached hydrogens (tertiary/aromatic N) is 3. The lowest BCUT2D eigenvalue weighted by Crippen LogP contribution is -2.20. The van der Waals surface area contributed by atoms with Gasteiger partial charge in [-0.25, -0.2) is 9.37 Å². The molecule has 0 saturated heterocycles. The van der Waals surface area contributed by atoms with Gasteiger partial charge in [-0.2, -0.15) is 4.98 Å². The minimum Gasteiger partial charge on any atom is -0.442 e. The maximum Gasteiger partial charge on any atom is 0.253 e. The van der Waals surface area contributed by atoms with E-state index in [2.05, 4.69) is 27.2 Å². The Bertz CT molecular complexity index is 1040. The van der Waals surface area contributed by atoms with E-state index in [1.165, 1.54) is 6.07 Å². The van der Waals surface area contributed by atoms with E-state index in [0.29, 0.717) is 34.2 Å². The molecule has 0 radical (unpaired) electrons. The number of furan rings is 1. The largest absolute Gasteiger partial charge is 0.442 e. The van der Waals surface area contributed by atoms with Crippen LogP contribution < -0.4 is 11.1 Å². The molecule has 1 saturated carbocycles. The fourth-order valence-corrected chi connectivity index (χ4v) is 3.08. The van der Waals surface area contributed by atoms with Gasteiger partial charge < -0.3 is 15.5 Å². The molecule has 8 heteroatoms. The van der Waals surface area contributed by atoms with Gasteiger partial charge in [-0.1, -0.05) is 0 Å². The molecule has 3 aromatic heterocycles. The van der Waals surface area contributed by atoms with Crippen LogP contribution in [-0.4, -0.2) is 26.4 Å². The topological polar surface area (TPSA) is 107 Å². The number of pyridine rings is 1. The van der Waals surface area contributed by atoms with E-state index >= 15 is 0 Å². The van der Waals surface area contributed by atoms with Crippen LogP contribution in [0.5, 0.6) is 0 Å². The van der Waals surface area contributed by atoms with Crippen LogP contribution in [0.4, 0.5) is 10.2 Å². The van der Waals surface area contributed by atoms with Crippen molar-refractivity contribution in [2.75, 3.05) is 5.32 Å². The molecule has 4 rings (SSSR count). The maximum atomic E-state index is 13.2. The number of carbonyl (C=O) groups excluding carboxylic acids is 1. The number of hydrogen-bond donors (Lipinski definition) is 2. The summed E-state index contributed by atoms with van der Waals surface area (Å²) < 4.78 is 18.9. The van der Waals surface area contributed by atoms with Crippen LogP contribution in [0.1, 0.15) is 60.2 Å². The zero-order valence-electron chi connectivity index (χ0n) is 15.3. The van der Waals surface area contributed by atoms with Gasteiger partial charge in [-0.15, -0.1) is 0 Å². The molecule has 0 aliphatic heterocycles. The van der Waals surface area contributed by atoms with Gasteiger partial charge in [0, 0.05) is 5.54 Å². The Kier molecular flexibility index (Phi) is 3.87. The van der Waals surface area contributed by atoms with Crippen LogP contribution in [0.25, 0.3) is 11.1 Å². The number of aryl methyl sites for hydroxylation is 1. The molecule has 3 N–H and O–H groups in total. The van der Waals surface area contributed by atoms with Crippen LogP contribution in [0, 0.1) is 12.7 Å². The van der Waals surface area contributed by atoms with Gasteiger partial charge in [0.1, 0.15) is 23.2 Å². The van der Waals surface area contributed by atoms with E-state index in [4.69, 9.17) is 10.2 Å². The van der Waals surface area contributed by atoms with Crippen molar-refractivity contribution < 1.29 is 13.6 Å². The number of rotatable bonds is 5. The summed E-state index contributed by atoms with van der Waals surface area (Å²) in [5, 5.41) is 3.90. The molecule has 0 bridgehead atoms. The summed E-state index contributed by atoms with van der Waals surface area (Å²) in [6.07, 6.45) is 3.17. The predicted molar refractivity (Wildman–Crippen MR) is 98.0 cm³/mol. The summed E-state index contributed by atoms with van der Waals surface area (Å²) in [5.41, 5.74) is 6.70. The van der Waals surface area contributed by atoms with Crippen molar-refractivity contribution in [2.45, 2.75) is 45.1 Å². The first-order valence-electron chi connectivity index (χ1n) is 8.78. The van der Waals surface area contributed by atoms with Crippen LogP contribution in [0.3, 0.4) is 0 Å². The first-order chi connectivity index (χ1) is 12.8. The molecule has 1 aliphatic carbocycles. The molecule has 140 valence electrons. The number of fused-ring (bicyclic) bond motifs is 1. The molecule has 3 aromatic rings. The zero-order chi connectivity index (χ0) is 19.3. The Morgan fingerprint density at radius 3 is 2.70 bits per heavy atom. The third-order valence-corrected chi connectivity index (χ3v) is 4.99. The molecule has 0 aromatic carbocycles. The number of hydrogen-bond acceptors (Lipinski definition) is 6. The van der Waals surface area contributed by atoms with Crippen LogP contribution in [-0.2, 0) is 0 Å². The zero-order valence-corrected chi connectivity index (χ0v) is 15.3. The van der Waals surface area contributed by atoms with Gasteiger partial charge in [-0.05, 0) is 45.7 Å². The number of anilines is 1. The second-order valence-corrected chi connectivity index (χ2v) is 7.32. The summed E-state index contributed by atoms with van der Waals surface area (Å²) in [6, 6.07) is 2.95. The van der Waals surface area contributed by atoms with Crippen molar-refractivity contribution in [3.63, 3.8) is 0 Å². The van der Waals surface area contributed by atoms with Gasteiger partial charge in [0.15, 0.2) is 0 Å². The summed E-state index contributed by atoms with van der Waals surface area (Å²) in [5.74, 6) is 0.122. The lowest BCUT2D eigenvalue weighted by molar-refractivity contribution is 0.1000. The molecular formula is C19H20FN5O2. The minimum atomic E-state index is -0.583. The average molecular weight is 369 g/mol. The van der Waals surface area contributed by atoms with Gasteiger partial charge >= 0.3 is 0 Å². The molecule has 1 atom stereocenters. The number of nitrogens with one attached hydrogen (secondary N) is 1. The molecule has 3 heterocycles. The standard InChI is InChI=1S/C19H20FN5O2/c1-9(12-5-4-11(20)8-22-12)16-23-17(25-19(3)6-7-19)14-13(15(21)26)10(2)27-18(14)24-16/h4-5,8-9H,6-7H2,1-3H3,(H2,21,26)(H,23,24,25). The Labute approximate surface area is 155 Å². The van der Waals surface area contributed by atoms with E-state index in [1.54, 1.807) is 13.0 Å². The minimum absolute atomic E-state index is 0.0734. The Balaban J connectivity index is 1.87. The van der Waals surface area contributed by atoms with Crippen molar-refractivity contribution in [2.24, 2.45) is 5.73 Å². The number of aromatic nitrogens is 3. The number of halogens is 1. The predicted octanol–water partition coefficient (Wildman–Crippen LogP) is 3.28. The molecule has 1 amide bonds. The highest BCUT2D eigenvalue weighted by Crippen LogP contribution is 2.41. The average Bonchev–Trinajstić information content (AvgIpc) is 3.22. The smallest absolute Gasteiger partial charge is 0.253 e. The highest BCUT2D eigenvalue weighted by molar-refractivity contribution is 6.09. The highest BCUT2D eigenvalue weighted by atomic mass is 19.1. The third-order valence-electron chi connectivity index (χ3n) is 4.99. The lowest BCUT2D eigenvalue weighted by Gasteiger charge is -2.16. The van der Waals surface area contributed by atoms with E-state index in [0.717, 1.165) is 19.0 Å². The quantitative estimate of drug-likeness (QED) is 0.715. The van der Waals surface area contributed by atoms with Crippen molar-refractivity contribution in [3.8, 4) is 0 Å². The van der Waals surface area contributed by atoms with Crippen molar-refractivity contribution in [3.05, 3.63) is 47.0 Å². The van der Waals surface area contributed by atoms with Crippen LogP contribution in [0.2, 0.25) is 0 Å². The molecule has 1 fully saturated rings. The number of primary amides is 1. The van der Waals surface area contributed by atoms with Crippen molar-refractivity contribution >= 4 is 22.8 Å². The van der Waals surface area contributed by atoms with E-state index in [9.17, 15) is 9.18 Å². The van der Waals surface area contributed by atoms with E-state index in [1.807, 2.05) is 6.92 Å². The van der Waals surface area contributed by atoms with Gasteiger partial charge in [0.2, 0.25) is 5.71 Å². The fourth-order valence-electron chi connectivity index (χ4n) is 3.08. The molecule has 27 heavy (non-hydrogen) atoms. The molecular weight excluding hydrogens is 349 g/mol. The van der Waals surface area contributed by atoms with E-state index < -0.39 is 11.7 Å². The third kappa shape index (κ3) is 3.11. The van der Waals surface area contributed by atoms with Gasteiger partial charge in [-0.3, -0.25) is 9.78 Å². The summed E-state index contributed by atoms with van der Waals surface area (Å²) in [6.45, 7) is 5.65. The molecule has 1 aliphatic rings. The second-order valence-electron chi connectivity index (χ2n) is 7.32. The number of amides is 1. The Morgan fingerprint density at radius 2 is 2.11 bits per heavy atom. The molecule has 7 nitrogen and oxygen atoms in total. The number of carbonyl (C=O) groups is 1. The monoisotopic (exact) mass is 369 g/mol. The highest BCUT2D eigenvalue weighted by Gasteiger charge is 2.39. The molecule has 1 unspecified atom stereocenters. The fraction of sp³-hybridized carbons (Fsp3) is 0.368. The summed E-state index contributed by atoms with van der Waals surface area (Å²) in [7, 11) is 0. The SMILES string of the molecule is Cc1oc2nc(C(C)c3ccc(F)cn3)nc(NC3(C)CC3)c2c1C(N)=O. The van der Waals surface area contributed by atoms with E-state index in [-0.39, 0.29) is 17.0 Å². The van der Waals surface area contributed by atoms with Crippen LogP contribution in [0.15, 0.2) is 22.7 Å². The Hall–Kier alpha value is -3.03. The number of nitrogens with two attached hydrogens (primary N) is 1. The second kappa shape index (κ2) is 6.00. The maximum absolute atomic E-state index is 13.2.